The number of hydrogen-bond donors (Lipinski definition) is 1. The summed E-state index contributed by atoms with van der Waals surface area (Å²) in [5.74, 6) is 0.349. The zero-order valence-corrected chi connectivity index (χ0v) is 11.5. The molecule has 3 aliphatic rings. The molecule has 0 aromatic carbocycles. The second-order valence-electron chi connectivity index (χ2n) is 6.51. The Kier molecular flexibility index (Phi) is 2.90. The lowest BCUT2D eigenvalue weighted by Crippen LogP contribution is -2.45. The highest BCUT2D eigenvalue weighted by Gasteiger charge is 2.59. The van der Waals surface area contributed by atoms with Gasteiger partial charge in [0.2, 0.25) is 5.91 Å². The quantitative estimate of drug-likeness (QED) is 0.827. The molecule has 1 aliphatic carbocycles. The van der Waals surface area contributed by atoms with Gasteiger partial charge in [-0.05, 0) is 37.5 Å². The van der Waals surface area contributed by atoms with Crippen LogP contribution >= 0.6 is 0 Å². The molecule has 0 aromatic rings. The fourth-order valence-electron chi connectivity index (χ4n) is 3.30. The summed E-state index contributed by atoms with van der Waals surface area (Å²) in [5.41, 5.74) is 0.0750. The van der Waals surface area contributed by atoms with Crippen molar-refractivity contribution >= 4 is 5.91 Å². The first-order valence-electron chi connectivity index (χ1n) is 7.25. The van der Waals surface area contributed by atoms with Gasteiger partial charge in [-0.1, -0.05) is 13.8 Å². The van der Waals surface area contributed by atoms with E-state index in [2.05, 4.69) is 24.1 Å². The minimum Gasteiger partial charge on any atom is -0.381 e. The number of carbonyl (C=O) groups is 1. The van der Waals surface area contributed by atoms with Crippen LogP contribution in [0.25, 0.3) is 0 Å². The van der Waals surface area contributed by atoms with Crippen LogP contribution in [0, 0.1) is 5.41 Å². The molecule has 1 saturated carbocycles. The van der Waals surface area contributed by atoms with Gasteiger partial charge in [0, 0.05) is 19.8 Å². The van der Waals surface area contributed by atoms with Crippen LogP contribution in [0.1, 0.15) is 46.0 Å². The molecule has 2 aliphatic heterocycles. The molecule has 3 fully saturated rings. The van der Waals surface area contributed by atoms with E-state index in [4.69, 9.17) is 4.74 Å². The van der Waals surface area contributed by atoms with Crippen LogP contribution in [0.4, 0.5) is 0 Å². The van der Waals surface area contributed by atoms with Crippen molar-refractivity contribution in [3.63, 3.8) is 0 Å². The van der Waals surface area contributed by atoms with Crippen molar-refractivity contribution in [1.29, 1.82) is 0 Å². The zero-order valence-electron chi connectivity index (χ0n) is 11.5. The Morgan fingerprint density at radius 2 is 2.00 bits per heavy atom. The van der Waals surface area contributed by atoms with E-state index in [9.17, 15) is 4.79 Å². The number of amides is 1. The molecule has 0 bridgehead atoms. The number of hydrogen-bond acceptors (Lipinski definition) is 3. The van der Waals surface area contributed by atoms with Crippen molar-refractivity contribution in [2.75, 3.05) is 19.8 Å². The van der Waals surface area contributed by atoms with Gasteiger partial charge in [0.1, 0.15) is 0 Å². The summed E-state index contributed by atoms with van der Waals surface area (Å²) >= 11 is 0. The summed E-state index contributed by atoms with van der Waals surface area (Å²) in [6.07, 6.45) is 5.44. The first-order valence-corrected chi connectivity index (χ1v) is 7.25. The van der Waals surface area contributed by atoms with Crippen LogP contribution < -0.4 is 5.32 Å². The van der Waals surface area contributed by atoms with E-state index in [1.165, 1.54) is 0 Å². The average molecular weight is 252 g/mol. The van der Waals surface area contributed by atoms with Gasteiger partial charge in [-0.3, -0.25) is 10.1 Å². The maximum Gasteiger partial charge on any atom is 0.244 e. The third kappa shape index (κ3) is 1.95. The predicted octanol–water partition coefficient (Wildman–Crippen LogP) is 1.50. The molecule has 1 amide bonds. The van der Waals surface area contributed by atoms with E-state index < -0.39 is 0 Å². The van der Waals surface area contributed by atoms with E-state index in [1.807, 2.05) is 0 Å². The second-order valence-corrected chi connectivity index (χ2v) is 6.51. The molecule has 2 heterocycles. The van der Waals surface area contributed by atoms with Gasteiger partial charge in [-0.25, -0.2) is 0 Å². The van der Waals surface area contributed by atoms with Crippen molar-refractivity contribution in [2.45, 2.75) is 57.7 Å². The van der Waals surface area contributed by atoms with E-state index in [0.29, 0.717) is 5.91 Å². The van der Waals surface area contributed by atoms with Crippen molar-refractivity contribution in [1.82, 2.24) is 10.2 Å². The van der Waals surface area contributed by atoms with Gasteiger partial charge >= 0.3 is 0 Å². The summed E-state index contributed by atoms with van der Waals surface area (Å²) in [4.78, 5) is 14.6. The lowest BCUT2D eigenvalue weighted by molar-refractivity contribution is -0.133. The maximum atomic E-state index is 12.5. The molecule has 4 nitrogen and oxygen atoms in total. The minimum atomic E-state index is -0.164. The topological polar surface area (TPSA) is 41.6 Å². The average Bonchev–Trinajstić information content (AvgIpc) is 3.09. The molecule has 18 heavy (non-hydrogen) atoms. The normalized spacial score (nSPS) is 33.1. The van der Waals surface area contributed by atoms with E-state index >= 15 is 0 Å². The number of ether oxygens (including phenoxy) is 1. The van der Waals surface area contributed by atoms with Crippen LogP contribution in [-0.4, -0.2) is 42.3 Å². The fraction of sp³-hybridized carbons (Fsp3) is 0.929. The molecule has 1 unspecified atom stereocenters. The zero-order chi connectivity index (χ0) is 12.8. The Labute approximate surface area is 109 Å². The molecule has 102 valence electrons. The first kappa shape index (κ1) is 12.4. The summed E-state index contributed by atoms with van der Waals surface area (Å²) in [7, 11) is 0. The van der Waals surface area contributed by atoms with Gasteiger partial charge < -0.3 is 9.64 Å². The second kappa shape index (κ2) is 4.20. The smallest absolute Gasteiger partial charge is 0.244 e. The van der Waals surface area contributed by atoms with Gasteiger partial charge in [-0.15, -0.1) is 0 Å². The third-order valence-corrected chi connectivity index (χ3v) is 4.88. The van der Waals surface area contributed by atoms with Crippen LogP contribution in [-0.2, 0) is 9.53 Å². The van der Waals surface area contributed by atoms with Crippen molar-refractivity contribution in [2.24, 2.45) is 5.41 Å². The van der Waals surface area contributed by atoms with Crippen molar-refractivity contribution in [3.05, 3.63) is 0 Å². The lowest BCUT2D eigenvalue weighted by atomic mass is 9.82. The molecule has 0 radical (unpaired) electrons. The Morgan fingerprint density at radius 3 is 2.56 bits per heavy atom. The minimum absolute atomic E-state index is 0.164. The number of carbonyl (C=O) groups excluding carboxylic acids is 1. The van der Waals surface area contributed by atoms with Crippen LogP contribution in [0.2, 0.25) is 0 Å². The number of nitrogens with zero attached hydrogens (tertiary/aromatic N) is 1. The summed E-state index contributed by atoms with van der Waals surface area (Å²) in [5, 5.41) is 3.54. The molecule has 1 N–H and O–H groups in total. The highest BCUT2D eigenvalue weighted by atomic mass is 16.5. The van der Waals surface area contributed by atoms with Gasteiger partial charge in [0.05, 0.1) is 11.7 Å². The van der Waals surface area contributed by atoms with E-state index in [1.54, 1.807) is 0 Å². The summed E-state index contributed by atoms with van der Waals surface area (Å²) < 4.78 is 5.44. The van der Waals surface area contributed by atoms with Crippen molar-refractivity contribution in [3.8, 4) is 0 Å². The molecule has 3 rings (SSSR count). The largest absolute Gasteiger partial charge is 0.381 e. The molecule has 1 spiro atoms. The molecular formula is C14H24N2O2. The SMILES string of the molecule is CCC1NC2(CC2)C(=O)N1CC1(C)CCOCC1. The Hall–Kier alpha value is -0.610. The first-order chi connectivity index (χ1) is 8.59. The van der Waals surface area contributed by atoms with Crippen LogP contribution in [0.5, 0.6) is 0 Å². The van der Waals surface area contributed by atoms with Crippen LogP contribution in [0.3, 0.4) is 0 Å². The highest BCUT2D eigenvalue weighted by molar-refractivity contribution is 5.91. The third-order valence-electron chi connectivity index (χ3n) is 4.88. The van der Waals surface area contributed by atoms with Gasteiger partial charge in [0.25, 0.3) is 0 Å². The molecule has 4 heteroatoms. The Bertz CT molecular complexity index is 346. The predicted molar refractivity (Wildman–Crippen MR) is 69.1 cm³/mol. The van der Waals surface area contributed by atoms with Crippen molar-refractivity contribution < 1.29 is 9.53 Å². The van der Waals surface area contributed by atoms with E-state index in [-0.39, 0.29) is 17.1 Å². The summed E-state index contributed by atoms with van der Waals surface area (Å²) in [6, 6.07) is 0. The standard InChI is InChI=1S/C14H24N2O2/c1-3-11-15-14(4-5-14)12(17)16(11)10-13(2)6-8-18-9-7-13/h11,15H,3-10H2,1-2H3. The van der Waals surface area contributed by atoms with Gasteiger partial charge in [-0.2, -0.15) is 0 Å². The molecular weight excluding hydrogens is 228 g/mol. The van der Waals surface area contributed by atoms with E-state index in [0.717, 1.165) is 51.9 Å². The van der Waals surface area contributed by atoms with Gasteiger partial charge in [0.15, 0.2) is 0 Å². The lowest BCUT2D eigenvalue weighted by Gasteiger charge is -2.38. The number of rotatable bonds is 3. The highest BCUT2D eigenvalue weighted by Crippen LogP contribution is 2.44. The monoisotopic (exact) mass is 252 g/mol. The Morgan fingerprint density at radius 1 is 1.33 bits per heavy atom. The molecule has 0 aromatic heterocycles. The molecule has 2 saturated heterocycles. The summed E-state index contributed by atoms with van der Waals surface area (Å²) in [6.45, 7) is 7.03. The fourth-order valence-corrected chi connectivity index (χ4v) is 3.30. The Balaban J connectivity index is 1.72. The number of nitrogens with one attached hydrogen (secondary N) is 1. The van der Waals surface area contributed by atoms with Crippen LogP contribution in [0.15, 0.2) is 0 Å². The maximum absolute atomic E-state index is 12.5. The molecule has 1 atom stereocenters.